The number of fused-ring (bicyclic) bond motifs is 1. The molecule has 1 atom stereocenters. The zero-order chi connectivity index (χ0) is 20.6. The average molecular weight is 421 g/mol. The first-order valence-corrected chi connectivity index (χ1v) is 10.4. The zero-order valence-corrected chi connectivity index (χ0v) is 18.1. The van der Waals surface area contributed by atoms with E-state index in [4.69, 9.17) is 22.1 Å². The fraction of sp³-hybridized carbons (Fsp3) is 0.429. The van der Waals surface area contributed by atoms with Crippen molar-refractivity contribution in [1.82, 2.24) is 0 Å². The lowest BCUT2D eigenvalue weighted by molar-refractivity contribution is 0.1000. The predicted octanol–water partition coefficient (Wildman–Crippen LogP) is 4.91. The van der Waals surface area contributed by atoms with Gasteiger partial charge in [-0.3, -0.25) is 9.59 Å². The van der Waals surface area contributed by atoms with Crippen molar-refractivity contribution in [2.75, 3.05) is 12.4 Å². The van der Waals surface area contributed by atoms with E-state index in [0.717, 1.165) is 29.7 Å². The van der Waals surface area contributed by atoms with E-state index >= 15 is 0 Å². The second-order valence-corrected chi connectivity index (χ2v) is 9.72. The molecule has 0 radical (unpaired) electrons. The molecule has 0 aliphatic heterocycles. The van der Waals surface area contributed by atoms with E-state index in [-0.39, 0.29) is 11.3 Å². The van der Waals surface area contributed by atoms with E-state index in [1.807, 2.05) is 0 Å². The second-order valence-electron chi connectivity index (χ2n) is 8.18. The fourth-order valence-corrected chi connectivity index (χ4v) is 5.20. The summed E-state index contributed by atoms with van der Waals surface area (Å²) in [4.78, 5) is 26.2. The van der Waals surface area contributed by atoms with Crippen molar-refractivity contribution < 1.29 is 14.3 Å². The average Bonchev–Trinajstić information content (AvgIpc) is 2.97. The number of benzene rings is 1. The van der Waals surface area contributed by atoms with Crippen molar-refractivity contribution in [3.63, 3.8) is 0 Å². The Bertz CT molecular complexity index is 930. The Morgan fingerprint density at radius 2 is 2.04 bits per heavy atom. The summed E-state index contributed by atoms with van der Waals surface area (Å²) in [5, 5.41) is 3.79. The number of ether oxygens (including phenoxy) is 1. The van der Waals surface area contributed by atoms with Crippen LogP contribution in [0, 0.1) is 11.3 Å². The summed E-state index contributed by atoms with van der Waals surface area (Å²) >= 11 is 7.48. The van der Waals surface area contributed by atoms with Gasteiger partial charge in [-0.1, -0.05) is 32.4 Å². The minimum absolute atomic E-state index is 0.187. The third kappa shape index (κ3) is 4.03. The van der Waals surface area contributed by atoms with Crippen LogP contribution in [0.25, 0.3) is 0 Å². The molecule has 1 aromatic carbocycles. The van der Waals surface area contributed by atoms with Gasteiger partial charge in [0, 0.05) is 9.90 Å². The second kappa shape index (κ2) is 7.76. The predicted molar refractivity (Wildman–Crippen MR) is 114 cm³/mol. The third-order valence-corrected chi connectivity index (χ3v) is 6.77. The lowest BCUT2D eigenvalue weighted by Gasteiger charge is -2.33. The first kappa shape index (κ1) is 20.7. The number of hydrogen-bond donors (Lipinski definition) is 2. The highest BCUT2D eigenvalue weighted by Crippen LogP contribution is 2.44. The van der Waals surface area contributed by atoms with Crippen LogP contribution in [-0.4, -0.2) is 18.9 Å². The van der Waals surface area contributed by atoms with Gasteiger partial charge in [-0.15, -0.1) is 11.3 Å². The first-order chi connectivity index (χ1) is 13.1. The lowest BCUT2D eigenvalue weighted by atomic mass is 9.72. The molecule has 1 aromatic heterocycles. The Morgan fingerprint density at radius 1 is 1.32 bits per heavy atom. The molecule has 1 aliphatic rings. The Morgan fingerprint density at radius 3 is 2.64 bits per heavy atom. The van der Waals surface area contributed by atoms with Crippen molar-refractivity contribution in [2.45, 2.75) is 40.0 Å². The van der Waals surface area contributed by atoms with Gasteiger partial charge in [0.1, 0.15) is 10.8 Å². The van der Waals surface area contributed by atoms with Crippen molar-refractivity contribution >= 4 is 39.8 Å². The molecule has 1 aliphatic carbocycles. The Kier molecular flexibility index (Phi) is 5.73. The van der Waals surface area contributed by atoms with E-state index in [1.165, 1.54) is 18.4 Å². The van der Waals surface area contributed by atoms with Crippen LogP contribution < -0.4 is 15.8 Å². The lowest BCUT2D eigenvalue weighted by Crippen LogP contribution is -2.27. The maximum absolute atomic E-state index is 12.9. The molecule has 7 heteroatoms. The largest absolute Gasteiger partial charge is 0.496 e. The van der Waals surface area contributed by atoms with Crippen molar-refractivity contribution in [3.05, 3.63) is 44.8 Å². The molecule has 0 saturated carbocycles. The molecule has 2 amide bonds. The van der Waals surface area contributed by atoms with Gasteiger partial charge < -0.3 is 15.8 Å². The van der Waals surface area contributed by atoms with E-state index in [2.05, 4.69) is 26.1 Å². The summed E-state index contributed by atoms with van der Waals surface area (Å²) in [6.07, 6.45) is 2.69. The molecule has 0 fully saturated rings. The Hall–Kier alpha value is -2.05. The van der Waals surface area contributed by atoms with Crippen LogP contribution in [0.15, 0.2) is 18.2 Å². The summed E-state index contributed by atoms with van der Waals surface area (Å²) in [6.45, 7) is 6.71. The molecule has 0 saturated heterocycles. The molecular formula is C21H25ClN2O3S. The summed E-state index contributed by atoms with van der Waals surface area (Å²) < 4.78 is 5.26. The standard InChI is InChI=1S/C21H25ClN2O3S/c1-21(2,3)11-5-7-13-16(9-11)28-20(17(13)18(23)25)24-19(26)14-10-12(22)6-8-15(14)27-4/h6,8,10-11H,5,7,9H2,1-4H3,(H2,23,25)(H,24,26)/t11-/m1/s1. The van der Waals surface area contributed by atoms with Crippen molar-refractivity contribution in [3.8, 4) is 5.75 Å². The van der Waals surface area contributed by atoms with Gasteiger partial charge in [-0.05, 0) is 54.4 Å². The number of nitrogens with two attached hydrogens (primary N) is 1. The van der Waals surface area contributed by atoms with Crippen LogP contribution in [0.3, 0.4) is 0 Å². The van der Waals surface area contributed by atoms with E-state index in [9.17, 15) is 9.59 Å². The number of rotatable bonds is 4. The summed E-state index contributed by atoms with van der Waals surface area (Å²) in [5.74, 6) is 0.0421. The molecule has 3 N–H and O–H groups in total. The Labute approximate surface area is 174 Å². The number of halogens is 1. The molecule has 0 unspecified atom stereocenters. The van der Waals surface area contributed by atoms with Crippen LogP contribution in [-0.2, 0) is 12.8 Å². The van der Waals surface area contributed by atoms with Crippen LogP contribution in [0.4, 0.5) is 5.00 Å². The highest BCUT2D eigenvalue weighted by atomic mass is 35.5. The van der Waals surface area contributed by atoms with Gasteiger partial charge in [0.15, 0.2) is 0 Å². The van der Waals surface area contributed by atoms with Gasteiger partial charge >= 0.3 is 0 Å². The fourth-order valence-electron chi connectivity index (χ4n) is 3.70. The number of methoxy groups -OCH3 is 1. The van der Waals surface area contributed by atoms with Gasteiger partial charge in [0.25, 0.3) is 11.8 Å². The van der Waals surface area contributed by atoms with Gasteiger partial charge in [-0.25, -0.2) is 0 Å². The highest BCUT2D eigenvalue weighted by molar-refractivity contribution is 7.17. The zero-order valence-electron chi connectivity index (χ0n) is 16.5. The number of carbonyl (C=O) groups is 2. The van der Waals surface area contributed by atoms with Crippen LogP contribution in [0.2, 0.25) is 5.02 Å². The third-order valence-electron chi connectivity index (χ3n) is 5.37. The molecule has 0 spiro atoms. The molecule has 3 rings (SSSR count). The monoisotopic (exact) mass is 420 g/mol. The van der Waals surface area contributed by atoms with E-state index < -0.39 is 5.91 Å². The van der Waals surface area contributed by atoms with Gasteiger partial charge in [-0.2, -0.15) is 0 Å². The number of nitrogens with one attached hydrogen (secondary N) is 1. The van der Waals surface area contributed by atoms with Crippen LogP contribution >= 0.6 is 22.9 Å². The Balaban J connectivity index is 1.95. The molecule has 5 nitrogen and oxygen atoms in total. The summed E-state index contributed by atoms with van der Waals surface area (Å²) in [5.41, 5.74) is 7.58. The maximum atomic E-state index is 12.9. The van der Waals surface area contributed by atoms with Crippen molar-refractivity contribution in [2.24, 2.45) is 17.1 Å². The maximum Gasteiger partial charge on any atom is 0.260 e. The number of carbonyl (C=O) groups excluding carboxylic acids is 2. The molecule has 0 bridgehead atoms. The minimum Gasteiger partial charge on any atom is -0.496 e. The number of hydrogen-bond acceptors (Lipinski definition) is 4. The molecule has 1 heterocycles. The van der Waals surface area contributed by atoms with Crippen LogP contribution in [0.5, 0.6) is 5.75 Å². The number of anilines is 1. The van der Waals surface area contributed by atoms with Gasteiger partial charge in [0.2, 0.25) is 0 Å². The SMILES string of the molecule is COc1ccc(Cl)cc1C(=O)Nc1sc2c(c1C(N)=O)CC[C@@H](C(C)(C)C)C2. The molecule has 2 aromatic rings. The number of thiophene rings is 1. The topological polar surface area (TPSA) is 81.4 Å². The summed E-state index contributed by atoms with van der Waals surface area (Å²) in [6, 6.07) is 4.84. The van der Waals surface area contributed by atoms with E-state index in [1.54, 1.807) is 18.2 Å². The highest BCUT2D eigenvalue weighted by Gasteiger charge is 2.33. The number of amides is 2. The van der Waals surface area contributed by atoms with E-state index in [0.29, 0.717) is 32.8 Å². The molecule has 28 heavy (non-hydrogen) atoms. The van der Waals surface area contributed by atoms with Crippen LogP contribution in [0.1, 0.15) is 58.3 Å². The molecule has 150 valence electrons. The number of primary amides is 1. The first-order valence-electron chi connectivity index (χ1n) is 9.21. The van der Waals surface area contributed by atoms with Gasteiger partial charge in [0.05, 0.1) is 18.2 Å². The normalized spacial score (nSPS) is 16.4. The minimum atomic E-state index is -0.514. The van der Waals surface area contributed by atoms with Crippen molar-refractivity contribution in [1.29, 1.82) is 0 Å². The molecular weight excluding hydrogens is 396 g/mol. The quantitative estimate of drug-likeness (QED) is 0.737. The smallest absolute Gasteiger partial charge is 0.260 e. The summed E-state index contributed by atoms with van der Waals surface area (Å²) in [7, 11) is 1.49.